The number of carbonyl (C=O) groups excluding carboxylic acids is 1. The summed E-state index contributed by atoms with van der Waals surface area (Å²) in [6.45, 7) is 8.28. The number of sulfone groups is 1. The first kappa shape index (κ1) is 26.7. The molecule has 1 N–H and O–H groups in total. The van der Waals surface area contributed by atoms with Crippen LogP contribution in [0.25, 0.3) is 0 Å². The van der Waals surface area contributed by atoms with Gasteiger partial charge in [-0.25, -0.2) is 8.42 Å². The second kappa shape index (κ2) is 11.1. The molecule has 0 aliphatic rings. The van der Waals surface area contributed by atoms with Gasteiger partial charge in [-0.2, -0.15) is 5.26 Å². The van der Waals surface area contributed by atoms with Crippen molar-refractivity contribution in [3.8, 4) is 6.07 Å². The number of aliphatic hydroxyl groups excluding tert-OH is 1. The molecule has 0 saturated heterocycles. The standard InChI is InChI=1S/C26H34N2O4S/c1-17(2)24-9-19(13-27)10-25(18(3)4)26(24)12-22(30)16-33(31,32)23-8-7-20(14-28(5)6)21(11-23)15-29/h7-11,17-18,29H,12,14-16H2,1-6H3. The van der Waals surface area contributed by atoms with E-state index in [1.807, 2.05) is 46.7 Å². The highest BCUT2D eigenvalue weighted by Gasteiger charge is 2.24. The number of hydrogen-bond acceptors (Lipinski definition) is 6. The van der Waals surface area contributed by atoms with Gasteiger partial charge in [0.2, 0.25) is 0 Å². The van der Waals surface area contributed by atoms with Crippen LogP contribution in [0.4, 0.5) is 0 Å². The summed E-state index contributed by atoms with van der Waals surface area (Å²) in [7, 11) is -0.0764. The van der Waals surface area contributed by atoms with E-state index in [1.165, 1.54) is 12.1 Å². The number of aliphatic hydroxyl groups is 1. The summed E-state index contributed by atoms with van der Waals surface area (Å²) in [6.07, 6.45) is -0.00245. The molecule has 0 aliphatic heterocycles. The highest BCUT2D eigenvalue weighted by molar-refractivity contribution is 7.92. The van der Waals surface area contributed by atoms with Crippen molar-refractivity contribution in [2.24, 2.45) is 0 Å². The van der Waals surface area contributed by atoms with Gasteiger partial charge in [-0.05, 0) is 78.0 Å². The van der Waals surface area contributed by atoms with Gasteiger partial charge in [-0.1, -0.05) is 33.8 Å². The third kappa shape index (κ3) is 6.73. The van der Waals surface area contributed by atoms with Crippen LogP contribution in [-0.4, -0.2) is 44.1 Å². The van der Waals surface area contributed by atoms with E-state index in [0.717, 1.165) is 22.3 Å². The van der Waals surface area contributed by atoms with E-state index in [2.05, 4.69) is 6.07 Å². The Balaban J connectivity index is 2.37. The molecule has 0 unspecified atom stereocenters. The van der Waals surface area contributed by atoms with Crippen LogP contribution < -0.4 is 0 Å². The second-order valence-electron chi connectivity index (χ2n) is 9.36. The summed E-state index contributed by atoms with van der Waals surface area (Å²) in [4.78, 5) is 14.9. The van der Waals surface area contributed by atoms with E-state index >= 15 is 0 Å². The van der Waals surface area contributed by atoms with Gasteiger partial charge >= 0.3 is 0 Å². The molecule has 0 fully saturated rings. The van der Waals surface area contributed by atoms with Crippen molar-refractivity contribution >= 4 is 15.6 Å². The lowest BCUT2D eigenvalue weighted by atomic mass is 9.85. The zero-order valence-electron chi connectivity index (χ0n) is 20.3. The second-order valence-corrected chi connectivity index (χ2v) is 11.3. The predicted molar refractivity (Wildman–Crippen MR) is 130 cm³/mol. The highest BCUT2D eigenvalue weighted by Crippen LogP contribution is 2.30. The van der Waals surface area contributed by atoms with E-state index in [4.69, 9.17) is 0 Å². The van der Waals surface area contributed by atoms with Crippen LogP contribution in [0.1, 0.15) is 72.9 Å². The largest absolute Gasteiger partial charge is 0.392 e. The number of hydrogen-bond donors (Lipinski definition) is 1. The molecule has 0 atom stereocenters. The van der Waals surface area contributed by atoms with Crippen molar-refractivity contribution in [3.05, 3.63) is 63.7 Å². The van der Waals surface area contributed by atoms with Crippen LogP contribution in [0.3, 0.4) is 0 Å². The Morgan fingerprint density at radius 2 is 1.61 bits per heavy atom. The van der Waals surface area contributed by atoms with Crippen molar-refractivity contribution in [1.29, 1.82) is 5.26 Å². The summed E-state index contributed by atoms with van der Waals surface area (Å²) >= 11 is 0. The SMILES string of the molecule is CC(C)c1cc(C#N)cc(C(C)C)c1CC(=O)CS(=O)(=O)c1ccc(CN(C)C)c(CO)c1. The highest BCUT2D eigenvalue weighted by atomic mass is 32.2. The first-order valence-corrected chi connectivity index (χ1v) is 12.7. The molecule has 0 heterocycles. The smallest absolute Gasteiger partial charge is 0.185 e. The predicted octanol–water partition coefficient (Wildman–Crippen LogP) is 3.94. The van der Waals surface area contributed by atoms with Crippen molar-refractivity contribution in [1.82, 2.24) is 4.90 Å². The lowest BCUT2D eigenvalue weighted by Crippen LogP contribution is -2.20. The van der Waals surface area contributed by atoms with Crippen LogP contribution in [0.5, 0.6) is 0 Å². The minimum Gasteiger partial charge on any atom is -0.392 e. The fourth-order valence-electron chi connectivity index (χ4n) is 4.00. The fraction of sp³-hybridized carbons (Fsp3) is 0.462. The monoisotopic (exact) mass is 470 g/mol. The molecule has 6 nitrogen and oxygen atoms in total. The normalized spacial score (nSPS) is 11.9. The van der Waals surface area contributed by atoms with Crippen LogP contribution in [-0.2, 0) is 34.2 Å². The molecule has 0 spiro atoms. The molecule has 0 bridgehead atoms. The van der Waals surface area contributed by atoms with Gasteiger partial charge < -0.3 is 10.0 Å². The minimum atomic E-state index is -3.86. The maximum Gasteiger partial charge on any atom is 0.185 e. The zero-order valence-corrected chi connectivity index (χ0v) is 21.2. The molecule has 0 radical (unpaired) electrons. The Hall–Kier alpha value is -2.53. The molecule has 2 aromatic carbocycles. The maximum atomic E-state index is 13.0. The number of ketones is 1. The Morgan fingerprint density at radius 1 is 1.03 bits per heavy atom. The summed E-state index contributed by atoms with van der Waals surface area (Å²) in [5.41, 5.74) is 4.54. The van der Waals surface area contributed by atoms with Crippen LogP contribution in [0.2, 0.25) is 0 Å². The average Bonchev–Trinajstić information content (AvgIpc) is 2.72. The zero-order chi connectivity index (χ0) is 24.9. The molecule has 0 aliphatic carbocycles. The number of nitrogens with zero attached hydrogens (tertiary/aromatic N) is 2. The number of carbonyl (C=O) groups is 1. The van der Waals surface area contributed by atoms with Crippen LogP contribution >= 0.6 is 0 Å². The van der Waals surface area contributed by atoms with E-state index in [1.54, 1.807) is 18.2 Å². The van der Waals surface area contributed by atoms with Gasteiger partial charge in [0, 0.05) is 13.0 Å². The lowest BCUT2D eigenvalue weighted by molar-refractivity contribution is -0.116. The van der Waals surface area contributed by atoms with Crippen molar-refractivity contribution in [3.63, 3.8) is 0 Å². The van der Waals surface area contributed by atoms with Gasteiger partial charge in [0.25, 0.3) is 0 Å². The molecule has 0 aromatic heterocycles. The average molecular weight is 471 g/mol. The van der Waals surface area contributed by atoms with E-state index in [0.29, 0.717) is 17.7 Å². The third-order valence-corrected chi connectivity index (χ3v) is 7.28. The van der Waals surface area contributed by atoms with Crippen LogP contribution in [0, 0.1) is 11.3 Å². The Kier molecular flexibility index (Phi) is 8.96. The first-order valence-electron chi connectivity index (χ1n) is 11.1. The molecule has 0 amide bonds. The van der Waals surface area contributed by atoms with Gasteiger partial charge in [0.15, 0.2) is 15.6 Å². The molecule has 178 valence electrons. The number of rotatable bonds is 10. The molecule has 33 heavy (non-hydrogen) atoms. The van der Waals surface area contributed by atoms with Gasteiger partial charge in [-0.15, -0.1) is 0 Å². The van der Waals surface area contributed by atoms with Crippen molar-refractivity contribution in [2.75, 3.05) is 19.8 Å². The topological polar surface area (TPSA) is 98.5 Å². The fourth-order valence-corrected chi connectivity index (χ4v) is 5.29. The van der Waals surface area contributed by atoms with Crippen LogP contribution in [0.15, 0.2) is 35.2 Å². The molecule has 2 rings (SSSR count). The Labute approximate surface area is 197 Å². The number of benzene rings is 2. The molecule has 7 heteroatoms. The minimum absolute atomic E-state index is 0.00245. The molecule has 2 aromatic rings. The lowest BCUT2D eigenvalue weighted by Gasteiger charge is -2.20. The van der Waals surface area contributed by atoms with Gasteiger partial charge in [-0.3, -0.25) is 4.79 Å². The van der Waals surface area contributed by atoms with Crippen molar-refractivity contribution in [2.45, 2.75) is 64.0 Å². The van der Waals surface area contributed by atoms with E-state index in [9.17, 15) is 23.6 Å². The van der Waals surface area contributed by atoms with E-state index in [-0.39, 0.29) is 29.8 Å². The molecular weight excluding hydrogens is 436 g/mol. The van der Waals surface area contributed by atoms with Gasteiger partial charge in [0.05, 0.1) is 23.1 Å². The first-order chi connectivity index (χ1) is 15.4. The number of nitriles is 1. The Bertz CT molecular complexity index is 1130. The summed E-state index contributed by atoms with van der Waals surface area (Å²) < 4.78 is 26.0. The van der Waals surface area contributed by atoms with Crippen molar-refractivity contribution < 1.29 is 18.3 Å². The summed E-state index contributed by atoms with van der Waals surface area (Å²) in [5.74, 6) is -0.829. The molecular formula is C26H34N2O4S. The third-order valence-electron chi connectivity index (χ3n) is 5.61. The summed E-state index contributed by atoms with van der Waals surface area (Å²) in [6, 6.07) is 10.4. The Morgan fingerprint density at radius 3 is 2.06 bits per heavy atom. The molecule has 0 saturated carbocycles. The quantitative estimate of drug-likeness (QED) is 0.565. The van der Waals surface area contributed by atoms with E-state index < -0.39 is 21.4 Å². The van der Waals surface area contributed by atoms with Gasteiger partial charge in [0.1, 0.15) is 5.75 Å². The maximum absolute atomic E-state index is 13.0. The number of Topliss-reactive ketones (excluding diaryl/α,β-unsaturated/α-hetero) is 1. The summed E-state index contributed by atoms with van der Waals surface area (Å²) in [5, 5.41) is 19.1.